The maximum atomic E-state index is 13.6. The molecule has 0 bridgehead atoms. The number of hydrogen-bond donors (Lipinski definition) is 0. The number of nitrogens with zero attached hydrogens (tertiary/aromatic N) is 5. The normalized spacial score (nSPS) is 11.8. The topological polar surface area (TPSA) is 81.0 Å². The van der Waals surface area contributed by atoms with Crippen LogP contribution in [0.3, 0.4) is 0 Å². The minimum atomic E-state index is -3.72. The zero-order valence-electron chi connectivity index (χ0n) is 16.4. The van der Waals surface area contributed by atoms with Crippen LogP contribution >= 0.6 is 11.3 Å². The summed E-state index contributed by atoms with van der Waals surface area (Å²) in [5.41, 5.74) is 1.69. The third-order valence-corrected chi connectivity index (χ3v) is 7.52. The first kappa shape index (κ1) is 20.4. The highest BCUT2D eigenvalue weighted by Gasteiger charge is 2.25. The van der Waals surface area contributed by atoms with Crippen LogP contribution in [0, 0.1) is 6.92 Å². The van der Waals surface area contributed by atoms with E-state index in [4.69, 9.17) is 0 Å². The maximum absolute atomic E-state index is 13.6. The quantitative estimate of drug-likeness (QED) is 0.420. The Kier molecular flexibility index (Phi) is 6.03. The zero-order valence-corrected chi connectivity index (χ0v) is 18.1. The Morgan fingerprint density at radius 3 is 2.57 bits per heavy atom. The molecule has 0 unspecified atom stereocenters. The molecule has 2 heterocycles. The number of tetrazole rings is 1. The molecular formula is C21H21N5O2S2. The Morgan fingerprint density at radius 2 is 1.87 bits per heavy atom. The Morgan fingerprint density at radius 1 is 1.03 bits per heavy atom. The molecule has 30 heavy (non-hydrogen) atoms. The average Bonchev–Trinajstić information content (AvgIpc) is 3.44. The van der Waals surface area contributed by atoms with Crippen molar-refractivity contribution in [2.24, 2.45) is 0 Å². The van der Waals surface area contributed by atoms with Gasteiger partial charge in [0.2, 0.25) is 10.0 Å². The predicted octanol–water partition coefficient (Wildman–Crippen LogP) is 3.47. The van der Waals surface area contributed by atoms with Crippen LogP contribution in [-0.4, -0.2) is 39.5 Å². The molecule has 2 aromatic heterocycles. The molecule has 0 saturated carbocycles. The second kappa shape index (κ2) is 8.86. The molecule has 0 aliphatic carbocycles. The number of rotatable bonds is 8. The fourth-order valence-corrected chi connectivity index (χ4v) is 5.59. The molecule has 0 saturated heterocycles. The summed E-state index contributed by atoms with van der Waals surface area (Å²) in [6.45, 7) is 2.74. The van der Waals surface area contributed by atoms with Gasteiger partial charge in [-0.1, -0.05) is 36.4 Å². The van der Waals surface area contributed by atoms with Crippen molar-refractivity contribution >= 4 is 21.4 Å². The molecular weight excluding hydrogens is 418 g/mol. The lowest BCUT2D eigenvalue weighted by atomic mass is 10.1. The van der Waals surface area contributed by atoms with Crippen molar-refractivity contribution in [1.29, 1.82) is 0 Å². The molecule has 0 aliphatic heterocycles. The van der Waals surface area contributed by atoms with Crippen LogP contribution in [0.15, 0.2) is 78.0 Å². The highest BCUT2D eigenvalue weighted by molar-refractivity contribution is 7.89. The lowest BCUT2D eigenvalue weighted by Gasteiger charge is -2.22. The van der Waals surface area contributed by atoms with Crippen molar-refractivity contribution < 1.29 is 8.42 Å². The lowest BCUT2D eigenvalue weighted by Crippen LogP contribution is -2.32. The molecule has 7 nitrogen and oxygen atoms in total. The minimum absolute atomic E-state index is 0.219. The van der Waals surface area contributed by atoms with Crippen molar-refractivity contribution in [3.8, 4) is 5.69 Å². The van der Waals surface area contributed by atoms with E-state index < -0.39 is 10.0 Å². The van der Waals surface area contributed by atoms with Gasteiger partial charge in [0.25, 0.3) is 0 Å². The van der Waals surface area contributed by atoms with E-state index >= 15 is 0 Å². The summed E-state index contributed by atoms with van der Waals surface area (Å²) in [6.07, 6.45) is 2.07. The van der Waals surface area contributed by atoms with Gasteiger partial charge < -0.3 is 0 Å². The molecule has 0 aliphatic rings. The monoisotopic (exact) mass is 439 g/mol. The summed E-state index contributed by atoms with van der Waals surface area (Å²) in [4.78, 5) is 2.39. The van der Waals surface area contributed by atoms with Gasteiger partial charge in [-0.15, -0.1) is 16.4 Å². The molecule has 0 N–H and O–H groups in total. The molecule has 0 fully saturated rings. The van der Waals surface area contributed by atoms with Crippen LogP contribution in [-0.2, 0) is 23.0 Å². The van der Waals surface area contributed by atoms with E-state index in [-0.39, 0.29) is 4.90 Å². The first-order valence-corrected chi connectivity index (χ1v) is 11.7. The zero-order chi connectivity index (χ0) is 21.0. The molecule has 0 spiro atoms. The number of sulfonamides is 1. The number of hydrogen-bond acceptors (Lipinski definition) is 6. The molecule has 9 heteroatoms. The van der Waals surface area contributed by atoms with Crippen molar-refractivity contribution in [1.82, 2.24) is 24.5 Å². The number of thiophene rings is 1. The molecule has 0 amide bonds. The van der Waals surface area contributed by atoms with E-state index in [1.54, 1.807) is 39.9 Å². The van der Waals surface area contributed by atoms with Crippen LogP contribution in [0.25, 0.3) is 5.69 Å². The van der Waals surface area contributed by atoms with Crippen molar-refractivity contribution in [2.45, 2.75) is 24.8 Å². The highest BCUT2D eigenvalue weighted by Crippen LogP contribution is 2.24. The van der Waals surface area contributed by atoms with Gasteiger partial charge >= 0.3 is 0 Å². The number of benzene rings is 2. The van der Waals surface area contributed by atoms with Crippen LogP contribution in [0.1, 0.15) is 15.3 Å². The summed E-state index contributed by atoms with van der Waals surface area (Å²) in [5.74, 6) is 0. The van der Waals surface area contributed by atoms with Crippen molar-refractivity contribution in [3.05, 3.63) is 88.4 Å². The SMILES string of the molecule is Cc1ccc(CN(CCc2ccccc2)S(=O)(=O)c2cccc(-n3cnnn3)c2)s1. The van der Waals surface area contributed by atoms with Gasteiger partial charge in [0.05, 0.1) is 10.6 Å². The summed E-state index contributed by atoms with van der Waals surface area (Å²) in [7, 11) is -3.72. The largest absolute Gasteiger partial charge is 0.243 e. The van der Waals surface area contributed by atoms with E-state index in [0.717, 1.165) is 15.3 Å². The molecule has 0 radical (unpaired) electrons. The fraction of sp³-hybridized carbons (Fsp3) is 0.190. The number of aromatic nitrogens is 4. The third kappa shape index (κ3) is 4.64. The predicted molar refractivity (Wildman–Crippen MR) is 116 cm³/mol. The smallest absolute Gasteiger partial charge is 0.207 e. The third-order valence-electron chi connectivity index (χ3n) is 4.69. The minimum Gasteiger partial charge on any atom is -0.207 e. The van der Waals surface area contributed by atoms with Gasteiger partial charge in [0.1, 0.15) is 6.33 Å². The standard InChI is InChI=1S/C21H21N5O2S2/c1-17-10-11-20(29-17)15-25(13-12-18-6-3-2-4-7-18)30(27,28)21-9-5-8-19(14-21)26-16-22-23-24-26/h2-11,14,16H,12-13,15H2,1H3. The molecule has 154 valence electrons. The van der Waals surface area contributed by atoms with E-state index in [1.807, 2.05) is 49.4 Å². The van der Waals surface area contributed by atoms with Crippen LogP contribution in [0.2, 0.25) is 0 Å². The second-order valence-electron chi connectivity index (χ2n) is 6.84. The van der Waals surface area contributed by atoms with Gasteiger partial charge in [0.15, 0.2) is 0 Å². The molecule has 0 atom stereocenters. The van der Waals surface area contributed by atoms with Crippen LogP contribution in [0.4, 0.5) is 0 Å². The summed E-state index contributed by atoms with van der Waals surface area (Å²) in [6, 6.07) is 20.6. The van der Waals surface area contributed by atoms with E-state index in [1.165, 1.54) is 11.0 Å². The van der Waals surface area contributed by atoms with Crippen molar-refractivity contribution in [2.75, 3.05) is 6.54 Å². The summed E-state index contributed by atoms with van der Waals surface area (Å²) in [5, 5.41) is 11.1. The Hall–Kier alpha value is -2.88. The number of aryl methyl sites for hydroxylation is 1. The lowest BCUT2D eigenvalue weighted by molar-refractivity contribution is 0.412. The Bertz CT molecular complexity index is 1210. The van der Waals surface area contributed by atoms with Gasteiger partial charge in [-0.3, -0.25) is 0 Å². The summed E-state index contributed by atoms with van der Waals surface area (Å²) >= 11 is 1.61. The fourth-order valence-electron chi connectivity index (χ4n) is 3.14. The van der Waals surface area contributed by atoms with E-state index in [0.29, 0.717) is 25.2 Å². The molecule has 2 aromatic carbocycles. The second-order valence-corrected chi connectivity index (χ2v) is 10.1. The first-order valence-electron chi connectivity index (χ1n) is 9.45. The summed E-state index contributed by atoms with van der Waals surface area (Å²) < 4.78 is 30.1. The Balaban J connectivity index is 1.64. The van der Waals surface area contributed by atoms with Crippen molar-refractivity contribution in [3.63, 3.8) is 0 Å². The average molecular weight is 440 g/mol. The molecule has 4 rings (SSSR count). The van der Waals surface area contributed by atoms with Gasteiger partial charge in [-0.2, -0.15) is 4.31 Å². The van der Waals surface area contributed by atoms with Crippen LogP contribution in [0.5, 0.6) is 0 Å². The van der Waals surface area contributed by atoms with Crippen LogP contribution < -0.4 is 0 Å². The van der Waals surface area contributed by atoms with Gasteiger partial charge in [-0.05, 0) is 59.7 Å². The Labute approximate surface area is 179 Å². The van der Waals surface area contributed by atoms with E-state index in [9.17, 15) is 8.42 Å². The van der Waals surface area contributed by atoms with E-state index in [2.05, 4.69) is 15.5 Å². The maximum Gasteiger partial charge on any atom is 0.243 e. The highest BCUT2D eigenvalue weighted by atomic mass is 32.2. The molecule has 4 aromatic rings. The first-order chi connectivity index (χ1) is 14.5. The van der Waals surface area contributed by atoms with Gasteiger partial charge in [0, 0.05) is 22.8 Å². The van der Waals surface area contributed by atoms with Gasteiger partial charge in [-0.25, -0.2) is 13.1 Å².